The number of hydrogen-bond donors (Lipinski definition) is 0. The van der Waals surface area contributed by atoms with Gasteiger partial charge in [0.05, 0.1) is 11.8 Å². The van der Waals surface area contributed by atoms with Crippen molar-refractivity contribution in [3.8, 4) is 5.75 Å². The van der Waals surface area contributed by atoms with Crippen molar-refractivity contribution in [1.82, 2.24) is 5.01 Å². The van der Waals surface area contributed by atoms with Crippen molar-refractivity contribution < 1.29 is 4.74 Å². The molecule has 2 aliphatic rings. The Balaban J connectivity index is 1.71. The molecule has 2 heterocycles. The zero-order valence-electron chi connectivity index (χ0n) is 13.8. The molecule has 0 saturated heterocycles. The van der Waals surface area contributed by atoms with Crippen LogP contribution in [0.1, 0.15) is 49.8 Å². The summed E-state index contributed by atoms with van der Waals surface area (Å²) in [5.41, 5.74) is 3.30. The zero-order valence-corrected chi connectivity index (χ0v) is 14.5. The second-order valence-electron chi connectivity index (χ2n) is 6.38. The van der Waals surface area contributed by atoms with E-state index in [1.54, 1.807) is 0 Å². The molecule has 0 aliphatic carbocycles. The van der Waals surface area contributed by atoms with E-state index >= 15 is 0 Å². The lowest BCUT2D eigenvalue weighted by Crippen LogP contribution is -2.40. The van der Waals surface area contributed by atoms with E-state index in [4.69, 9.17) is 21.4 Å². The largest absolute Gasteiger partial charge is 0.469 e. The van der Waals surface area contributed by atoms with E-state index in [0.29, 0.717) is 0 Å². The number of ether oxygens (including phenoxy) is 1. The Hall–Kier alpha value is -2.00. The zero-order chi connectivity index (χ0) is 16.5. The summed E-state index contributed by atoms with van der Waals surface area (Å²) in [5, 5.41) is 7.82. The molecule has 0 bridgehead atoms. The molecule has 2 aromatic carbocycles. The predicted molar refractivity (Wildman–Crippen MR) is 97.6 cm³/mol. The molecule has 0 spiro atoms. The van der Waals surface area contributed by atoms with Gasteiger partial charge in [0, 0.05) is 29.0 Å². The monoisotopic (exact) mass is 340 g/mol. The quantitative estimate of drug-likeness (QED) is 0.744. The summed E-state index contributed by atoms with van der Waals surface area (Å²) in [5.74, 6) is 0.996. The van der Waals surface area contributed by atoms with Crippen LogP contribution in [0, 0.1) is 0 Å². The van der Waals surface area contributed by atoms with Gasteiger partial charge in [-0.05, 0) is 18.6 Å². The van der Waals surface area contributed by atoms with Crippen molar-refractivity contribution in [2.75, 3.05) is 0 Å². The lowest BCUT2D eigenvalue weighted by molar-refractivity contribution is -0.0231. The molecule has 0 unspecified atom stereocenters. The average Bonchev–Trinajstić information content (AvgIpc) is 3.05. The minimum Gasteiger partial charge on any atom is -0.469 e. The Morgan fingerprint density at radius 1 is 1.17 bits per heavy atom. The van der Waals surface area contributed by atoms with Crippen LogP contribution in [0.15, 0.2) is 53.6 Å². The van der Waals surface area contributed by atoms with Crippen LogP contribution in [-0.2, 0) is 0 Å². The molecule has 0 aromatic heterocycles. The maximum Gasteiger partial charge on any atom is 0.187 e. The summed E-state index contributed by atoms with van der Waals surface area (Å²) in [6.45, 7) is 2.21. The topological polar surface area (TPSA) is 24.8 Å². The van der Waals surface area contributed by atoms with Crippen LogP contribution in [0.2, 0.25) is 5.02 Å². The van der Waals surface area contributed by atoms with Crippen molar-refractivity contribution in [2.45, 2.75) is 44.9 Å². The second-order valence-corrected chi connectivity index (χ2v) is 6.79. The number of para-hydroxylation sites is 1. The Morgan fingerprint density at radius 3 is 2.79 bits per heavy atom. The number of nitrogens with zero attached hydrogens (tertiary/aromatic N) is 2. The molecule has 2 atom stereocenters. The minimum atomic E-state index is 0.00448. The molecule has 3 nitrogen and oxygen atoms in total. The molecule has 0 N–H and O–H groups in total. The van der Waals surface area contributed by atoms with Crippen LogP contribution >= 0.6 is 11.6 Å². The number of rotatable bonds is 4. The summed E-state index contributed by atoms with van der Waals surface area (Å²) in [6.07, 6.45) is 4.14. The number of hydrazone groups is 1. The van der Waals surface area contributed by atoms with Crippen LogP contribution in [0.3, 0.4) is 0 Å². The van der Waals surface area contributed by atoms with Crippen molar-refractivity contribution in [3.05, 3.63) is 64.7 Å². The first-order valence-electron chi connectivity index (χ1n) is 8.64. The van der Waals surface area contributed by atoms with E-state index < -0.39 is 0 Å². The molecule has 0 radical (unpaired) electrons. The van der Waals surface area contributed by atoms with Crippen molar-refractivity contribution in [3.63, 3.8) is 0 Å². The SMILES string of the molecule is CCCC[C@H]1Oc2ccccc2[C@@H]2CC(c3ccccc3Cl)=NN12. The van der Waals surface area contributed by atoms with Crippen LogP contribution < -0.4 is 4.74 Å². The highest BCUT2D eigenvalue weighted by Gasteiger charge is 2.39. The number of hydrogen-bond acceptors (Lipinski definition) is 3. The van der Waals surface area contributed by atoms with Gasteiger partial charge in [-0.1, -0.05) is 61.3 Å². The Kier molecular flexibility index (Phi) is 4.19. The number of fused-ring (bicyclic) bond motifs is 3. The molecule has 2 aliphatic heterocycles. The number of benzene rings is 2. The summed E-state index contributed by atoms with van der Waals surface area (Å²) in [4.78, 5) is 0. The highest BCUT2D eigenvalue weighted by atomic mass is 35.5. The molecule has 4 rings (SSSR count). The fourth-order valence-corrected chi connectivity index (χ4v) is 3.78. The van der Waals surface area contributed by atoms with Crippen LogP contribution in [0.5, 0.6) is 5.75 Å². The number of halogens is 1. The molecule has 0 fully saturated rings. The standard InChI is InChI=1S/C20H21ClN2O/c1-2-3-12-20-23-18(15-9-5-7-11-19(15)24-20)13-17(22-23)14-8-4-6-10-16(14)21/h4-11,18,20H,2-3,12-13H2,1H3/t18-,20+/m0/s1. The van der Waals surface area contributed by atoms with Crippen molar-refractivity contribution in [2.24, 2.45) is 5.10 Å². The fraction of sp³-hybridized carbons (Fsp3) is 0.350. The summed E-state index contributed by atoms with van der Waals surface area (Å²) < 4.78 is 6.25. The highest BCUT2D eigenvalue weighted by molar-refractivity contribution is 6.34. The summed E-state index contributed by atoms with van der Waals surface area (Å²) in [7, 11) is 0. The predicted octanol–water partition coefficient (Wildman–Crippen LogP) is 5.40. The van der Waals surface area contributed by atoms with Gasteiger partial charge in [0.2, 0.25) is 0 Å². The maximum absolute atomic E-state index is 6.39. The lowest BCUT2D eigenvalue weighted by Gasteiger charge is -2.38. The third-order valence-electron chi connectivity index (χ3n) is 4.77. The summed E-state index contributed by atoms with van der Waals surface area (Å²) >= 11 is 6.39. The van der Waals surface area contributed by atoms with Crippen molar-refractivity contribution >= 4 is 17.3 Å². The van der Waals surface area contributed by atoms with Gasteiger partial charge in [-0.15, -0.1) is 0 Å². The van der Waals surface area contributed by atoms with Crippen LogP contribution in [-0.4, -0.2) is 16.9 Å². The first-order chi connectivity index (χ1) is 11.8. The van der Waals surface area contributed by atoms with Gasteiger partial charge < -0.3 is 4.74 Å². The second kappa shape index (κ2) is 6.48. The average molecular weight is 341 g/mol. The smallest absolute Gasteiger partial charge is 0.187 e. The third kappa shape index (κ3) is 2.67. The third-order valence-corrected chi connectivity index (χ3v) is 5.10. The first kappa shape index (κ1) is 15.5. The van der Waals surface area contributed by atoms with E-state index in [1.165, 1.54) is 5.56 Å². The fourth-order valence-electron chi connectivity index (χ4n) is 3.54. The van der Waals surface area contributed by atoms with Crippen LogP contribution in [0.4, 0.5) is 0 Å². The molecule has 4 heteroatoms. The van der Waals surface area contributed by atoms with E-state index in [0.717, 1.165) is 47.7 Å². The van der Waals surface area contributed by atoms with E-state index in [1.807, 2.05) is 30.3 Å². The Morgan fingerprint density at radius 2 is 1.96 bits per heavy atom. The van der Waals surface area contributed by atoms with Crippen molar-refractivity contribution in [1.29, 1.82) is 0 Å². The molecule has 24 heavy (non-hydrogen) atoms. The van der Waals surface area contributed by atoms with E-state index in [9.17, 15) is 0 Å². The normalized spacial score (nSPS) is 21.8. The van der Waals surface area contributed by atoms with E-state index in [-0.39, 0.29) is 12.3 Å². The van der Waals surface area contributed by atoms with Gasteiger partial charge in [-0.2, -0.15) is 5.10 Å². The first-order valence-corrected chi connectivity index (χ1v) is 9.02. The van der Waals surface area contributed by atoms with Gasteiger partial charge in [0.1, 0.15) is 5.75 Å². The lowest BCUT2D eigenvalue weighted by atomic mass is 9.96. The Bertz CT molecular complexity index is 774. The molecule has 2 aromatic rings. The molecule has 0 amide bonds. The minimum absolute atomic E-state index is 0.00448. The Labute approximate surface area is 147 Å². The molecular formula is C20H21ClN2O. The van der Waals surface area contributed by atoms with Crippen LogP contribution in [0.25, 0.3) is 0 Å². The van der Waals surface area contributed by atoms with Gasteiger partial charge in [0.15, 0.2) is 6.23 Å². The number of unbranched alkanes of at least 4 members (excludes halogenated alkanes) is 1. The maximum atomic E-state index is 6.39. The highest BCUT2D eigenvalue weighted by Crippen LogP contribution is 2.44. The van der Waals surface area contributed by atoms with Gasteiger partial charge in [0.25, 0.3) is 0 Å². The molecule has 0 saturated carbocycles. The van der Waals surface area contributed by atoms with E-state index in [2.05, 4.69) is 30.1 Å². The summed E-state index contributed by atoms with van der Waals surface area (Å²) in [6, 6.07) is 16.5. The van der Waals surface area contributed by atoms with Gasteiger partial charge >= 0.3 is 0 Å². The van der Waals surface area contributed by atoms with Gasteiger partial charge in [-0.25, -0.2) is 0 Å². The molecular weight excluding hydrogens is 320 g/mol. The molecule has 124 valence electrons. The van der Waals surface area contributed by atoms with Gasteiger partial charge in [-0.3, -0.25) is 5.01 Å².